The first-order chi connectivity index (χ1) is 18.4. The summed E-state index contributed by atoms with van der Waals surface area (Å²) in [4.78, 5) is 59.6. The van der Waals surface area contributed by atoms with Crippen molar-refractivity contribution >= 4 is 29.3 Å². The number of hydrogen-bond acceptors (Lipinski definition) is 8. The Hall–Kier alpha value is -3.41. The van der Waals surface area contributed by atoms with Crippen LogP contribution >= 0.6 is 0 Å². The van der Waals surface area contributed by atoms with E-state index in [0.717, 1.165) is 37.2 Å². The van der Waals surface area contributed by atoms with Crippen molar-refractivity contribution < 1.29 is 24.0 Å². The molecule has 4 aliphatic heterocycles. The molecule has 12 heteroatoms. The SMILES string of the molecule is CCOC(=O)N1CCN(C(=O)C2Cc3cc([N+](=O)[O-])ccc3N3CCN(CC(=O)N4CCCC4)CC23)CC1. The summed E-state index contributed by atoms with van der Waals surface area (Å²) in [5.41, 5.74) is 1.76. The second-order valence-electron chi connectivity index (χ2n) is 10.5. The molecule has 2 unspecified atom stereocenters. The zero-order valence-corrected chi connectivity index (χ0v) is 21.9. The minimum absolute atomic E-state index is 0.00613. The molecule has 0 saturated carbocycles. The highest BCUT2D eigenvalue weighted by Gasteiger charge is 2.44. The smallest absolute Gasteiger partial charge is 0.409 e. The number of anilines is 1. The van der Waals surface area contributed by atoms with E-state index in [2.05, 4.69) is 9.80 Å². The molecule has 1 aromatic rings. The molecule has 2 atom stereocenters. The van der Waals surface area contributed by atoms with Crippen LogP contribution in [0, 0.1) is 16.0 Å². The largest absolute Gasteiger partial charge is 0.450 e. The average molecular weight is 529 g/mol. The molecule has 1 aromatic carbocycles. The summed E-state index contributed by atoms with van der Waals surface area (Å²) in [7, 11) is 0. The maximum Gasteiger partial charge on any atom is 0.409 e. The summed E-state index contributed by atoms with van der Waals surface area (Å²) in [6, 6.07) is 4.77. The monoisotopic (exact) mass is 528 g/mol. The second kappa shape index (κ2) is 11.1. The Kier molecular flexibility index (Phi) is 7.68. The van der Waals surface area contributed by atoms with E-state index in [1.165, 1.54) is 6.07 Å². The molecule has 5 rings (SSSR count). The second-order valence-corrected chi connectivity index (χ2v) is 10.5. The van der Waals surface area contributed by atoms with Crippen molar-refractivity contribution in [3.63, 3.8) is 0 Å². The van der Waals surface area contributed by atoms with Gasteiger partial charge >= 0.3 is 6.09 Å². The maximum atomic E-state index is 13.9. The van der Waals surface area contributed by atoms with E-state index in [-0.39, 0.29) is 29.6 Å². The number of hydrogen-bond donors (Lipinski definition) is 0. The van der Waals surface area contributed by atoms with Gasteiger partial charge in [-0.15, -0.1) is 0 Å². The van der Waals surface area contributed by atoms with Gasteiger partial charge < -0.3 is 24.3 Å². The highest BCUT2D eigenvalue weighted by molar-refractivity contribution is 5.83. The molecule has 0 bridgehead atoms. The van der Waals surface area contributed by atoms with Crippen LogP contribution in [0.15, 0.2) is 18.2 Å². The molecule has 0 spiro atoms. The molecule has 3 saturated heterocycles. The van der Waals surface area contributed by atoms with Crippen LogP contribution in [0.2, 0.25) is 0 Å². The highest BCUT2D eigenvalue weighted by atomic mass is 16.6. The van der Waals surface area contributed by atoms with Crippen LogP contribution in [0.25, 0.3) is 0 Å². The predicted molar refractivity (Wildman–Crippen MR) is 139 cm³/mol. The van der Waals surface area contributed by atoms with Crippen LogP contribution in [-0.2, 0) is 20.7 Å². The average Bonchev–Trinajstić information content (AvgIpc) is 3.47. The van der Waals surface area contributed by atoms with E-state index in [4.69, 9.17) is 4.74 Å². The molecule has 0 aromatic heterocycles. The highest BCUT2D eigenvalue weighted by Crippen LogP contribution is 2.38. The number of ether oxygens (including phenoxy) is 1. The molecular formula is C26H36N6O6. The van der Waals surface area contributed by atoms with E-state index in [1.807, 2.05) is 4.90 Å². The van der Waals surface area contributed by atoms with Gasteiger partial charge in [-0.1, -0.05) is 0 Å². The lowest BCUT2D eigenvalue weighted by Crippen LogP contribution is -2.63. The van der Waals surface area contributed by atoms with Crippen molar-refractivity contribution in [1.29, 1.82) is 0 Å². The molecule has 206 valence electrons. The van der Waals surface area contributed by atoms with E-state index in [9.17, 15) is 24.5 Å². The van der Waals surface area contributed by atoms with Crippen molar-refractivity contribution in [2.75, 3.05) is 77.0 Å². The number of amides is 3. The zero-order valence-electron chi connectivity index (χ0n) is 21.9. The molecule has 0 aliphatic carbocycles. The Morgan fingerprint density at radius 3 is 2.37 bits per heavy atom. The first-order valence-electron chi connectivity index (χ1n) is 13.6. The van der Waals surface area contributed by atoms with Gasteiger partial charge in [-0.3, -0.25) is 24.6 Å². The standard InChI is InChI=1S/C26H36N6O6/c1-2-38-26(35)30-12-10-29(11-13-30)25(34)21-16-19-15-20(32(36)37)5-6-22(19)31-14-9-27(17-23(21)31)18-24(33)28-7-3-4-8-28/h5-6,15,21,23H,2-4,7-14,16-18H2,1H3. The van der Waals surface area contributed by atoms with Crippen LogP contribution in [0.3, 0.4) is 0 Å². The van der Waals surface area contributed by atoms with Gasteiger partial charge in [0.15, 0.2) is 0 Å². The molecule has 3 amide bonds. The van der Waals surface area contributed by atoms with E-state index in [1.54, 1.807) is 28.9 Å². The Bertz CT molecular complexity index is 1080. The summed E-state index contributed by atoms with van der Waals surface area (Å²) in [5.74, 6) is -0.266. The van der Waals surface area contributed by atoms with Crippen molar-refractivity contribution in [2.24, 2.45) is 5.92 Å². The number of piperazine rings is 2. The first-order valence-corrected chi connectivity index (χ1v) is 13.6. The Labute approximate surface area is 222 Å². The number of nitrogens with zero attached hydrogens (tertiary/aromatic N) is 6. The van der Waals surface area contributed by atoms with Gasteiger partial charge in [0.05, 0.1) is 30.0 Å². The van der Waals surface area contributed by atoms with Crippen LogP contribution in [0.1, 0.15) is 25.3 Å². The van der Waals surface area contributed by atoms with E-state index in [0.29, 0.717) is 65.4 Å². The van der Waals surface area contributed by atoms with E-state index >= 15 is 0 Å². The van der Waals surface area contributed by atoms with Crippen molar-refractivity contribution in [1.82, 2.24) is 19.6 Å². The van der Waals surface area contributed by atoms with Gasteiger partial charge in [0.25, 0.3) is 5.69 Å². The molecule has 4 aliphatic rings. The number of fused-ring (bicyclic) bond motifs is 3. The quantitative estimate of drug-likeness (QED) is 0.413. The zero-order chi connectivity index (χ0) is 26.8. The molecule has 0 radical (unpaired) electrons. The van der Waals surface area contributed by atoms with Crippen molar-refractivity contribution in [3.05, 3.63) is 33.9 Å². The van der Waals surface area contributed by atoms with Crippen LogP contribution in [0.5, 0.6) is 0 Å². The van der Waals surface area contributed by atoms with Crippen molar-refractivity contribution in [3.8, 4) is 0 Å². The van der Waals surface area contributed by atoms with Crippen molar-refractivity contribution in [2.45, 2.75) is 32.2 Å². The minimum Gasteiger partial charge on any atom is -0.450 e. The Morgan fingerprint density at radius 1 is 0.974 bits per heavy atom. The van der Waals surface area contributed by atoms with Gasteiger partial charge in [-0.25, -0.2) is 4.79 Å². The lowest BCUT2D eigenvalue weighted by atomic mass is 9.82. The van der Waals surface area contributed by atoms with Gasteiger partial charge in [-0.2, -0.15) is 0 Å². The summed E-state index contributed by atoms with van der Waals surface area (Å²) < 4.78 is 5.10. The number of carbonyl (C=O) groups excluding carboxylic acids is 3. The number of nitro benzene ring substituents is 1. The van der Waals surface area contributed by atoms with Crippen LogP contribution < -0.4 is 4.90 Å². The topological polar surface area (TPSA) is 120 Å². The fraction of sp³-hybridized carbons (Fsp3) is 0.654. The number of likely N-dealkylation sites (tertiary alicyclic amines) is 1. The van der Waals surface area contributed by atoms with E-state index < -0.39 is 10.8 Å². The molecule has 12 nitrogen and oxygen atoms in total. The molecule has 4 heterocycles. The number of benzene rings is 1. The maximum absolute atomic E-state index is 13.9. The molecule has 3 fully saturated rings. The summed E-state index contributed by atoms with van der Waals surface area (Å²) in [5, 5.41) is 11.5. The van der Waals surface area contributed by atoms with Gasteiger partial charge in [0.1, 0.15) is 0 Å². The summed E-state index contributed by atoms with van der Waals surface area (Å²) in [6.07, 6.45) is 2.13. The Balaban J connectivity index is 1.34. The molecular weight excluding hydrogens is 492 g/mol. The fourth-order valence-electron chi connectivity index (χ4n) is 6.23. The van der Waals surface area contributed by atoms with Gasteiger partial charge in [0.2, 0.25) is 11.8 Å². The van der Waals surface area contributed by atoms with Gasteiger partial charge in [-0.05, 0) is 37.8 Å². The minimum atomic E-state index is -0.403. The molecule has 38 heavy (non-hydrogen) atoms. The number of non-ortho nitro benzene ring substituents is 1. The third-order valence-electron chi connectivity index (χ3n) is 8.24. The first kappa shape index (κ1) is 26.2. The Morgan fingerprint density at radius 2 is 1.68 bits per heavy atom. The lowest BCUT2D eigenvalue weighted by Gasteiger charge is -2.50. The number of rotatable bonds is 5. The lowest BCUT2D eigenvalue weighted by molar-refractivity contribution is -0.384. The fourth-order valence-corrected chi connectivity index (χ4v) is 6.23. The summed E-state index contributed by atoms with van der Waals surface area (Å²) in [6.45, 7) is 7.59. The molecule has 0 N–H and O–H groups in total. The number of nitro groups is 1. The van der Waals surface area contributed by atoms with Crippen LogP contribution in [-0.4, -0.2) is 121 Å². The predicted octanol–water partition coefficient (Wildman–Crippen LogP) is 1.18. The van der Waals surface area contributed by atoms with Gasteiger partial charge in [0, 0.05) is 76.7 Å². The summed E-state index contributed by atoms with van der Waals surface area (Å²) >= 11 is 0. The third kappa shape index (κ3) is 5.27. The third-order valence-corrected chi connectivity index (χ3v) is 8.24. The normalized spacial score (nSPS) is 23.6. The number of carbonyl (C=O) groups is 3. The van der Waals surface area contributed by atoms with Crippen LogP contribution in [0.4, 0.5) is 16.2 Å².